The third-order valence-electron chi connectivity index (χ3n) is 6.05. The second-order valence-corrected chi connectivity index (χ2v) is 8.91. The highest BCUT2D eigenvalue weighted by atomic mass is 19.4. The van der Waals surface area contributed by atoms with Gasteiger partial charge in [-0.1, -0.05) is 17.7 Å². The number of nitrogens with one attached hydrogen (secondary N) is 3. The molecule has 0 aliphatic heterocycles. The van der Waals surface area contributed by atoms with Crippen molar-refractivity contribution in [1.29, 1.82) is 0 Å². The van der Waals surface area contributed by atoms with Gasteiger partial charge in [0.15, 0.2) is 0 Å². The predicted octanol–water partition coefficient (Wildman–Crippen LogP) is 5.28. The number of carbonyl (C=O) groups excluding carboxylic acids is 1. The van der Waals surface area contributed by atoms with E-state index in [0.29, 0.717) is 32.2 Å². The molecule has 1 amide bonds. The maximum Gasteiger partial charge on any atom is 0.423 e. The Morgan fingerprint density at radius 1 is 1.06 bits per heavy atom. The molecule has 0 heterocycles. The molecule has 0 spiro atoms. The van der Waals surface area contributed by atoms with Gasteiger partial charge in [-0.2, -0.15) is 13.2 Å². The number of amides is 1. The van der Waals surface area contributed by atoms with Crippen LogP contribution >= 0.6 is 0 Å². The fourth-order valence-corrected chi connectivity index (χ4v) is 4.09. The lowest BCUT2D eigenvalue weighted by Crippen LogP contribution is -2.34. The molecule has 3 N–H and O–H groups in total. The minimum Gasteiger partial charge on any atom is -0.385 e. The molecule has 1 aliphatic rings. The Balaban J connectivity index is 1.32. The zero-order valence-corrected chi connectivity index (χ0v) is 20.1. The predicted molar refractivity (Wildman–Crippen MR) is 131 cm³/mol. The largest absolute Gasteiger partial charge is 0.423 e. The van der Waals surface area contributed by atoms with Crippen LogP contribution in [0, 0.1) is 17.0 Å². The van der Waals surface area contributed by atoms with Gasteiger partial charge < -0.3 is 20.7 Å². The fourth-order valence-electron chi connectivity index (χ4n) is 4.09. The first-order chi connectivity index (χ1) is 17.1. The average molecular weight is 509 g/mol. The van der Waals surface area contributed by atoms with E-state index >= 15 is 0 Å². The maximum atomic E-state index is 13.2. The van der Waals surface area contributed by atoms with E-state index in [0.717, 1.165) is 30.8 Å². The number of aryl methyl sites for hydroxylation is 1. The van der Waals surface area contributed by atoms with E-state index in [1.807, 2.05) is 31.2 Å². The third kappa shape index (κ3) is 8.40. The number of ether oxygens (including phenoxy) is 1. The first-order valence-electron chi connectivity index (χ1n) is 11.9. The van der Waals surface area contributed by atoms with Crippen LogP contribution in [0.1, 0.15) is 43.2 Å². The molecule has 2 aromatic carbocycles. The van der Waals surface area contributed by atoms with Crippen molar-refractivity contribution in [2.24, 2.45) is 0 Å². The van der Waals surface area contributed by atoms with Crippen LogP contribution < -0.4 is 16.0 Å². The van der Waals surface area contributed by atoms with E-state index in [1.54, 1.807) is 0 Å². The minimum absolute atomic E-state index is 0.0363. The van der Waals surface area contributed by atoms with E-state index in [1.165, 1.54) is 11.6 Å². The number of halogens is 3. The summed E-state index contributed by atoms with van der Waals surface area (Å²) in [7, 11) is 0. The quantitative estimate of drug-likeness (QED) is 0.217. The topological polar surface area (TPSA) is 106 Å². The monoisotopic (exact) mass is 508 g/mol. The van der Waals surface area contributed by atoms with Crippen LogP contribution in [0.4, 0.5) is 30.2 Å². The highest BCUT2D eigenvalue weighted by Gasteiger charge is 2.38. The van der Waals surface area contributed by atoms with Gasteiger partial charge in [0.05, 0.1) is 11.0 Å². The highest BCUT2D eigenvalue weighted by molar-refractivity contribution is 5.77. The number of nitro benzene ring substituents is 1. The lowest BCUT2D eigenvalue weighted by atomic mass is 9.92. The molecule has 1 aliphatic carbocycles. The molecule has 0 unspecified atom stereocenters. The van der Waals surface area contributed by atoms with E-state index in [9.17, 15) is 28.1 Å². The number of nitrogens with zero attached hydrogens (tertiary/aromatic N) is 1. The summed E-state index contributed by atoms with van der Waals surface area (Å²) in [5, 5.41) is 20.1. The van der Waals surface area contributed by atoms with Gasteiger partial charge in [0, 0.05) is 36.6 Å². The normalized spacial score (nSPS) is 17.9. The van der Waals surface area contributed by atoms with Gasteiger partial charge in [-0.15, -0.1) is 0 Å². The third-order valence-corrected chi connectivity index (χ3v) is 6.05. The van der Waals surface area contributed by atoms with Crippen molar-refractivity contribution in [3.05, 3.63) is 63.7 Å². The lowest BCUT2D eigenvalue weighted by Gasteiger charge is -2.29. The first-order valence-corrected chi connectivity index (χ1v) is 11.9. The smallest absolute Gasteiger partial charge is 0.385 e. The molecule has 0 radical (unpaired) electrons. The zero-order chi connectivity index (χ0) is 26.1. The number of rotatable bonds is 11. The van der Waals surface area contributed by atoms with E-state index in [4.69, 9.17) is 4.74 Å². The Hall–Kier alpha value is -3.34. The number of anilines is 2. The SMILES string of the molecule is Cc1ccc(NCCCNC(=O)COC2CCC(Nc3ccc([N+](=O)[O-])c(C(F)(F)F)c3)CC2)cc1. The van der Waals surface area contributed by atoms with Crippen molar-refractivity contribution in [3.63, 3.8) is 0 Å². The summed E-state index contributed by atoms with van der Waals surface area (Å²) in [6, 6.07) is 10.9. The van der Waals surface area contributed by atoms with Crippen molar-refractivity contribution in [3.8, 4) is 0 Å². The molecule has 0 aromatic heterocycles. The maximum absolute atomic E-state index is 13.2. The van der Waals surface area contributed by atoms with Gasteiger partial charge in [0.25, 0.3) is 5.69 Å². The minimum atomic E-state index is -4.82. The molecule has 8 nitrogen and oxygen atoms in total. The molecule has 0 saturated heterocycles. The van der Waals surface area contributed by atoms with Gasteiger partial charge in [0.1, 0.15) is 12.2 Å². The molecule has 0 bridgehead atoms. The molecule has 11 heteroatoms. The Labute approximate surface area is 207 Å². The first kappa shape index (κ1) is 27.3. The van der Waals surface area contributed by atoms with Crippen LogP contribution in [0.15, 0.2) is 42.5 Å². The van der Waals surface area contributed by atoms with Crippen molar-refractivity contribution in [2.45, 2.75) is 57.3 Å². The number of benzene rings is 2. The van der Waals surface area contributed by atoms with Gasteiger partial charge in [-0.05, 0) is 63.3 Å². The summed E-state index contributed by atoms with van der Waals surface area (Å²) in [6.45, 7) is 3.26. The van der Waals surface area contributed by atoms with Crippen molar-refractivity contribution < 1.29 is 27.6 Å². The number of carbonyl (C=O) groups is 1. The van der Waals surface area contributed by atoms with Crippen molar-refractivity contribution in [2.75, 3.05) is 30.3 Å². The molecule has 0 atom stereocenters. The lowest BCUT2D eigenvalue weighted by molar-refractivity contribution is -0.388. The van der Waals surface area contributed by atoms with Crippen LogP contribution in [0.2, 0.25) is 0 Å². The van der Waals surface area contributed by atoms with Crippen LogP contribution in [0.25, 0.3) is 0 Å². The number of alkyl halides is 3. The second kappa shape index (κ2) is 12.6. The molecular weight excluding hydrogens is 477 g/mol. The summed E-state index contributed by atoms with van der Waals surface area (Å²) in [6.07, 6.45) is -1.53. The Morgan fingerprint density at radius 2 is 1.72 bits per heavy atom. The molecule has 1 fully saturated rings. The number of hydrogen-bond acceptors (Lipinski definition) is 6. The zero-order valence-electron chi connectivity index (χ0n) is 20.1. The van der Waals surface area contributed by atoms with Gasteiger partial charge in [0.2, 0.25) is 5.91 Å². The highest BCUT2D eigenvalue weighted by Crippen LogP contribution is 2.38. The van der Waals surface area contributed by atoms with Crippen molar-refractivity contribution in [1.82, 2.24) is 5.32 Å². The standard InChI is InChI=1S/C25H31F3N4O4/c1-17-3-5-18(6-4-17)29-13-2-14-30-24(33)16-36-21-10-7-19(8-11-21)31-20-9-12-23(32(34)35)22(15-20)25(26,27)28/h3-6,9,12,15,19,21,29,31H,2,7-8,10-11,13-14,16H2,1H3,(H,30,33). The molecule has 196 valence electrons. The van der Waals surface area contributed by atoms with Gasteiger partial charge >= 0.3 is 6.18 Å². The van der Waals surface area contributed by atoms with Crippen LogP contribution in [0.3, 0.4) is 0 Å². The molecule has 36 heavy (non-hydrogen) atoms. The second-order valence-electron chi connectivity index (χ2n) is 8.91. The van der Waals surface area contributed by atoms with E-state index < -0.39 is 22.4 Å². The summed E-state index contributed by atoms with van der Waals surface area (Å²) in [5.41, 5.74) is 0.183. The molecule has 2 aromatic rings. The van der Waals surface area contributed by atoms with Crippen LogP contribution in [-0.4, -0.2) is 42.7 Å². The van der Waals surface area contributed by atoms with Crippen LogP contribution in [0.5, 0.6) is 0 Å². The fraction of sp³-hybridized carbons (Fsp3) is 0.480. The van der Waals surface area contributed by atoms with Gasteiger partial charge in [-0.25, -0.2) is 0 Å². The number of nitro groups is 1. The summed E-state index contributed by atoms with van der Waals surface area (Å²) < 4.78 is 45.3. The summed E-state index contributed by atoms with van der Waals surface area (Å²) in [4.78, 5) is 21.9. The Morgan fingerprint density at radius 3 is 2.36 bits per heavy atom. The Bertz CT molecular complexity index is 1020. The molecule has 1 saturated carbocycles. The Kier molecular flexibility index (Phi) is 9.51. The van der Waals surface area contributed by atoms with E-state index in [2.05, 4.69) is 16.0 Å². The van der Waals surface area contributed by atoms with Crippen LogP contribution in [-0.2, 0) is 15.7 Å². The van der Waals surface area contributed by atoms with E-state index in [-0.39, 0.29) is 30.3 Å². The summed E-state index contributed by atoms with van der Waals surface area (Å²) in [5.74, 6) is -0.184. The average Bonchev–Trinajstić information content (AvgIpc) is 2.84. The molecule has 3 rings (SSSR count). The van der Waals surface area contributed by atoms with Gasteiger partial charge in [-0.3, -0.25) is 14.9 Å². The molecular formula is C25H31F3N4O4. The number of hydrogen-bond donors (Lipinski definition) is 3. The summed E-state index contributed by atoms with van der Waals surface area (Å²) >= 11 is 0. The van der Waals surface area contributed by atoms with Crippen molar-refractivity contribution >= 4 is 23.0 Å².